The van der Waals surface area contributed by atoms with Gasteiger partial charge in [-0.1, -0.05) is 146 Å². The number of hydrogen-bond acceptors (Lipinski definition) is 4. The van der Waals surface area contributed by atoms with Crippen molar-refractivity contribution in [3.8, 4) is 56.4 Å². The maximum atomic E-state index is 5.08. The average molecular weight is 650 g/mol. The molecule has 6 heteroatoms. The van der Waals surface area contributed by atoms with Crippen LogP contribution in [0.1, 0.15) is 0 Å². The molecule has 236 valence electrons. The quantitative estimate of drug-likeness (QED) is 0.178. The molecule has 0 fully saturated rings. The third-order valence-electron chi connectivity index (χ3n) is 10.4. The van der Waals surface area contributed by atoms with Gasteiger partial charge >= 0.3 is 6.98 Å². The molecule has 0 amide bonds. The Kier molecular flexibility index (Phi) is 5.98. The molecule has 0 atom stereocenters. The van der Waals surface area contributed by atoms with E-state index in [1.807, 2.05) is 60.7 Å². The summed E-state index contributed by atoms with van der Waals surface area (Å²) in [5.41, 5.74) is 13.9. The van der Waals surface area contributed by atoms with Gasteiger partial charge in [-0.15, -0.1) is 0 Å². The lowest BCUT2D eigenvalue weighted by atomic mass is 9.55. The second kappa shape index (κ2) is 10.9. The molecule has 7 aromatic carbocycles. The molecule has 5 nitrogen and oxygen atoms in total. The van der Waals surface area contributed by atoms with Gasteiger partial charge in [0.15, 0.2) is 17.5 Å². The van der Waals surface area contributed by atoms with Crippen molar-refractivity contribution in [3.63, 3.8) is 0 Å². The van der Waals surface area contributed by atoms with Gasteiger partial charge in [0.2, 0.25) is 0 Å². The smallest absolute Gasteiger partial charge is 0.361 e. The molecule has 51 heavy (non-hydrogen) atoms. The van der Waals surface area contributed by atoms with Crippen molar-refractivity contribution in [1.29, 1.82) is 0 Å². The van der Waals surface area contributed by atoms with Gasteiger partial charge in [0.25, 0.3) is 0 Å². The topological polar surface area (TPSA) is 46.8 Å². The Bertz CT molecular complexity index is 2770. The molecule has 11 rings (SSSR count). The molecule has 9 aromatic rings. The first-order chi connectivity index (χ1) is 25.3. The van der Waals surface area contributed by atoms with Gasteiger partial charge in [0.1, 0.15) is 0 Å². The SMILES string of the molecule is c1ccc(-c2nc(-c3ccccc3)nc(-c3cccc(N4B5c6c(cccc6-c6cccc7c8ccccc8n5c67)-c5ccccc54)c3)n2)cc1. The van der Waals surface area contributed by atoms with Crippen molar-refractivity contribution in [2.75, 3.05) is 4.81 Å². The van der Waals surface area contributed by atoms with Crippen LogP contribution >= 0.6 is 0 Å². The monoisotopic (exact) mass is 649 g/mol. The Labute approximate surface area is 295 Å². The average Bonchev–Trinajstić information content (AvgIpc) is 3.55. The number of para-hydroxylation sites is 3. The largest absolute Gasteiger partial charge is 0.421 e. The summed E-state index contributed by atoms with van der Waals surface area (Å²) in [5.74, 6) is 1.94. The van der Waals surface area contributed by atoms with E-state index in [9.17, 15) is 0 Å². The third kappa shape index (κ3) is 4.14. The van der Waals surface area contributed by atoms with Gasteiger partial charge in [-0.3, -0.25) is 0 Å². The van der Waals surface area contributed by atoms with Gasteiger partial charge in [0.05, 0.1) is 0 Å². The van der Waals surface area contributed by atoms with Gasteiger partial charge in [0, 0.05) is 61.0 Å². The Balaban J connectivity index is 1.17. The van der Waals surface area contributed by atoms with Crippen LogP contribution in [0.4, 0.5) is 11.4 Å². The second-order valence-corrected chi connectivity index (χ2v) is 13.2. The van der Waals surface area contributed by atoms with E-state index in [-0.39, 0.29) is 6.98 Å². The van der Waals surface area contributed by atoms with Crippen LogP contribution in [0.5, 0.6) is 0 Å². The number of anilines is 2. The highest BCUT2D eigenvalue weighted by molar-refractivity contribution is 6.82. The summed E-state index contributed by atoms with van der Waals surface area (Å²) in [4.78, 5) is 17.6. The molecule has 0 unspecified atom stereocenters. The standard InChI is InChI=1S/C45H28BN5/c1-3-14-29(15-4-1)43-47-44(30-16-5-2-6-17-30)49-45(48-43)31-18-11-19-32(28-31)50-39-26-9-7-20-33(39)35-22-12-23-36-38-25-13-24-37-34-21-8-10-27-40(34)51(42(37)38)46(50)41(35)36/h1-28H. The van der Waals surface area contributed by atoms with Crippen molar-refractivity contribution in [2.45, 2.75) is 0 Å². The fourth-order valence-electron chi connectivity index (χ4n) is 8.27. The fourth-order valence-corrected chi connectivity index (χ4v) is 8.27. The predicted octanol–water partition coefficient (Wildman–Crippen LogP) is 10.0. The summed E-state index contributed by atoms with van der Waals surface area (Å²) in [6.07, 6.45) is 0. The van der Waals surface area contributed by atoms with Gasteiger partial charge in [-0.2, -0.15) is 0 Å². The number of nitrogens with zero attached hydrogens (tertiary/aromatic N) is 5. The molecule has 0 radical (unpaired) electrons. The summed E-state index contributed by atoms with van der Waals surface area (Å²) in [6, 6.07) is 60.2. The molecular formula is C45H28BN5. The first-order valence-corrected chi connectivity index (χ1v) is 17.3. The molecule has 4 heterocycles. The van der Waals surface area contributed by atoms with Crippen LogP contribution in [0.15, 0.2) is 170 Å². The number of benzene rings is 7. The van der Waals surface area contributed by atoms with Crippen LogP contribution in [0.2, 0.25) is 0 Å². The van der Waals surface area contributed by atoms with Crippen LogP contribution in [0, 0.1) is 0 Å². The van der Waals surface area contributed by atoms with Crippen LogP contribution in [-0.4, -0.2) is 26.4 Å². The summed E-state index contributed by atoms with van der Waals surface area (Å²) < 4.78 is 2.57. The number of hydrogen-bond donors (Lipinski definition) is 0. The number of rotatable bonds is 4. The normalized spacial score (nSPS) is 12.6. The highest BCUT2D eigenvalue weighted by Crippen LogP contribution is 2.47. The minimum absolute atomic E-state index is 0.114. The Morgan fingerprint density at radius 3 is 1.71 bits per heavy atom. The maximum Gasteiger partial charge on any atom is 0.421 e. The van der Waals surface area contributed by atoms with Crippen molar-refractivity contribution >= 4 is 45.6 Å². The summed E-state index contributed by atoms with van der Waals surface area (Å²) in [6.45, 7) is -0.114. The van der Waals surface area contributed by atoms with Gasteiger partial charge < -0.3 is 9.29 Å². The van der Waals surface area contributed by atoms with Crippen molar-refractivity contribution in [2.24, 2.45) is 0 Å². The van der Waals surface area contributed by atoms with E-state index in [2.05, 4.69) is 118 Å². The van der Waals surface area contributed by atoms with Crippen molar-refractivity contribution in [1.82, 2.24) is 19.4 Å². The summed E-state index contributed by atoms with van der Waals surface area (Å²) in [5, 5.41) is 2.54. The molecule has 0 saturated heterocycles. The lowest BCUT2D eigenvalue weighted by Gasteiger charge is -2.42. The molecule has 2 aliphatic rings. The van der Waals surface area contributed by atoms with E-state index in [0.717, 1.165) is 22.4 Å². The Morgan fingerprint density at radius 2 is 0.941 bits per heavy atom. The summed E-state index contributed by atoms with van der Waals surface area (Å²) >= 11 is 0. The van der Waals surface area contributed by atoms with Crippen LogP contribution in [0.25, 0.3) is 78.2 Å². The van der Waals surface area contributed by atoms with Gasteiger partial charge in [-0.05, 0) is 40.9 Å². The zero-order valence-corrected chi connectivity index (χ0v) is 27.5. The lowest BCUT2D eigenvalue weighted by Crippen LogP contribution is -2.56. The van der Waals surface area contributed by atoms with E-state index in [4.69, 9.17) is 15.0 Å². The minimum atomic E-state index is -0.114. The van der Waals surface area contributed by atoms with Crippen LogP contribution < -0.4 is 10.3 Å². The molecule has 0 saturated carbocycles. The van der Waals surface area contributed by atoms with E-state index in [1.54, 1.807) is 0 Å². The van der Waals surface area contributed by atoms with Gasteiger partial charge in [-0.25, -0.2) is 15.0 Å². The molecule has 0 N–H and O–H groups in total. The highest BCUT2D eigenvalue weighted by atomic mass is 15.2. The number of aromatic nitrogens is 4. The molecule has 0 spiro atoms. The third-order valence-corrected chi connectivity index (χ3v) is 10.4. The second-order valence-electron chi connectivity index (χ2n) is 13.2. The summed E-state index contributed by atoms with van der Waals surface area (Å²) in [7, 11) is 0. The van der Waals surface area contributed by atoms with E-state index in [1.165, 1.54) is 55.2 Å². The van der Waals surface area contributed by atoms with Crippen molar-refractivity contribution in [3.05, 3.63) is 170 Å². The Hall–Kier alpha value is -6.79. The molecule has 0 bridgehead atoms. The lowest BCUT2D eigenvalue weighted by molar-refractivity contribution is 1.07. The minimum Gasteiger partial charge on any atom is -0.361 e. The predicted molar refractivity (Wildman–Crippen MR) is 209 cm³/mol. The zero-order chi connectivity index (χ0) is 33.5. The van der Waals surface area contributed by atoms with E-state index < -0.39 is 0 Å². The molecular weight excluding hydrogens is 621 g/mol. The first kappa shape index (κ1) is 28.1. The Morgan fingerprint density at radius 1 is 0.412 bits per heavy atom. The fraction of sp³-hybridized carbons (Fsp3) is 0. The van der Waals surface area contributed by atoms with Crippen LogP contribution in [-0.2, 0) is 0 Å². The highest BCUT2D eigenvalue weighted by Gasteiger charge is 2.44. The maximum absolute atomic E-state index is 5.08. The zero-order valence-electron chi connectivity index (χ0n) is 27.5. The first-order valence-electron chi connectivity index (χ1n) is 17.3. The molecule has 2 aromatic heterocycles. The van der Waals surface area contributed by atoms with Crippen molar-refractivity contribution < 1.29 is 0 Å². The van der Waals surface area contributed by atoms with E-state index >= 15 is 0 Å². The van der Waals surface area contributed by atoms with Crippen LogP contribution in [0.3, 0.4) is 0 Å². The van der Waals surface area contributed by atoms with E-state index in [0.29, 0.717) is 17.5 Å². The molecule has 0 aliphatic carbocycles. The molecule has 2 aliphatic heterocycles. The number of fused-ring (bicyclic) bond motifs is 7.